The van der Waals surface area contributed by atoms with Gasteiger partial charge < -0.3 is 9.73 Å². The van der Waals surface area contributed by atoms with Gasteiger partial charge in [-0.25, -0.2) is 9.38 Å². The van der Waals surface area contributed by atoms with Gasteiger partial charge in [-0.05, 0) is 70.9 Å². The SMILES string of the molecule is CC1=C(C(=O)Nc2ccccc2)[C@H](c2ccc(F)cc2)n2c(s/c(=C/c3ccc(-c4ccc([N+](=O)[O-])cc4Br)o3)c2=O)=N1. The number of hydrogen-bond acceptors (Lipinski definition) is 7. The summed E-state index contributed by atoms with van der Waals surface area (Å²) >= 11 is 4.49. The Hall–Kier alpha value is -4.94. The highest BCUT2D eigenvalue weighted by atomic mass is 79.9. The van der Waals surface area contributed by atoms with E-state index in [0.717, 1.165) is 11.3 Å². The van der Waals surface area contributed by atoms with Crippen molar-refractivity contribution < 1.29 is 18.5 Å². The van der Waals surface area contributed by atoms with Crippen molar-refractivity contribution in [2.45, 2.75) is 13.0 Å². The number of para-hydroxylation sites is 1. The summed E-state index contributed by atoms with van der Waals surface area (Å²) in [6.07, 6.45) is 1.58. The predicted molar refractivity (Wildman–Crippen MR) is 164 cm³/mol. The Kier molecular flexibility index (Phi) is 7.46. The summed E-state index contributed by atoms with van der Waals surface area (Å²) in [5, 5.41) is 14.0. The summed E-state index contributed by atoms with van der Waals surface area (Å²) in [4.78, 5) is 43.1. The Bertz CT molecular complexity index is 2120. The van der Waals surface area contributed by atoms with Crippen LogP contribution >= 0.6 is 27.3 Å². The first-order valence-corrected chi connectivity index (χ1v) is 14.5. The quantitative estimate of drug-likeness (QED) is 0.179. The number of nitro groups is 1. The maximum atomic E-state index is 13.9. The number of non-ortho nitro benzene ring substituents is 1. The molecule has 0 unspecified atom stereocenters. The molecule has 0 saturated carbocycles. The monoisotopic (exact) mass is 658 g/mol. The lowest BCUT2D eigenvalue weighted by molar-refractivity contribution is -0.384. The molecular formula is C31H20BrFN4O5S. The second-order valence-corrected chi connectivity index (χ2v) is 11.4. The van der Waals surface area contributed by atoms with Crippen LogP contribution < -0.4 is 20.2 Å². The zero-order valence-corrected chi connectivity index (χ0v) is 24.7. The number of nitrogens with zero attached hydrogens (tertiary/aromatic N) is 3. The molecule has 12 heteroatoms. The second-order valence-electron chi connectivity index (χ2n) is 9.58. The zero-order chi connectivity index (χ0) is 30.2. The third-order valence-corrected chi connectivity index (χ3v) is 8.45. The van der Waals surface area contributed by atoms with E-state index in [1.807, 2.05) is 6.07 Å². The van der Waals surface area contributed by atoms with Crippen LogP contribution in [0.15, 0.2) is 115 Å². The minimum atomic E-state index is -0.856. The van der Waals surface area contributed by atoms with Crippen LogP contribution in [-0.4, -0.2) is 15.4 Å². The van der Waals surface area contributed by atoms with Crippen molar-refractivity contribution in [3.63, 3.8) is 0 Å². The first kappa shape index (κ1) is 28.2. The van der Waals surface area contributed by atoms with Crippen LogP contribution in [0.2, 0.25) is 0 Å². The molecule has 6 rings (SSSR count). The number of furan rings is 1. The number of halogens is 2. The summed E-state index contributed by atoms with van der Waals surface area (Å²) in [5.74, 6) is -0.0526. The highest BCUT2D eigenvalue weighted by Gasteiger charge is 2.32. The summed E-state index contributed by atoms with van der Waals surface area (Å²) < 4.78 is 22.1. The van der Waals surface area contributed by atoms with Gasteiger partial charge in [0.25, 0.3) is 17.2 Å². The van der Waals surface area contributed by atoms with Crippen molar-refractivity contribution in [1.82, 2.24) is 4.57 Å². The lowest BCUT2D eigenvalue weighted by Gasteiger charge is -2.25. The first-order valence-electron chi connectivity index (χ1n) is 12.9. The van der Waals surface area contributed by atoms with Crippen molar-refractivity contribution in [3.05, 3.63) is 148 Å². The predicted octanol–water partition coefficient (Wildman–Crippen LogP) is 5.94. The molecule has 1 atom stereocenters. The molecule has 0 saturated heterocycles. The van der Waals surface area contributed by atoms with E-state index < -0.39 is 28.2 Å². The van der Waals surface area contributed by atoms with E-state index in [9.17, 15) is 24.1 Å². The van der Waals surface area contributed by atoms with Crippen molar-refractivity contribution in [3.8, 4) is 11.3 Å². The highest BCUT2D eigenvalue weighted by Crippen LogP contribution is 2.33. The van der Waals surface area contributed by atoms with Gasteiger partial charge in [0.2, 0.25) is 0 Å². The van der Waals surface area contributed by atoms with Crippen molar-refractivity contribution in [1.29, 1.82) is 0 Å². The Labute approximate surface area is 255 Å². The Balaban J connectivity index is 1.43. The number of benzene rings is 3. The summed E-state index contributed by atoms with van der Waals surface area (Å²) in [7, 11) is 0. The lowest BCUT2D eigenvalue weighted by atomic mass is 9.95. The molecule has 0 radical (unpaired) electrons. The van der Waals surface area contributed by atoms with Crippen LogP contribution in [0, 0.1) is 15.9 Å². The van der Waals surface area contributed by atoms with E-state index in [-0.39, 0.29) is 11.3 Å². The topological polar surface area (TPSA) is 120 Å². The number of aromatic nitrogens is 1. The van der Waals surface area contributed by atoms with E-state index in [2.05, 4.69) is 26.2 Å². The fourth-order valence-electron chi connectivity index (χ4n) is 4.81. The maximum absolute atomic E-state index is 13.9. The number of fused-ring (bicyclic) bond motifs is 1. The number of carbonyl (C=O) groups is 1. The number of thiazole rings is 1. The van der Waals surface area contributed by atoms with Crippen molar-refractivity contribution in [2.75, 3.05) is 5.32 Å². The number of rotatable bonds is 6. The van der Waals surface area contributed by atoms with Crippen molar-refractivity contribution in [2.24, 2.45) is 4.99 Å². The molecule has 5 aromatic rings. The Morgan fingerprint density at radius 2 is 1.86 bits per heavy atom. The van der Waals surface area contributed by atoms with Crippen molar-refractivity contribution >= 4 is 50.6 Å². The smallest absolute Gasteiger partial charge is 0.271 e. The molecule has 1 aliphatic rings. The Morgan fingerprint density at radius 1 is 1.12 bits per heavy atom. The van der Waals surface area contributed by atoms with E-state index in [1.54, 1.807) is 67.6 Å². The van der Waals surface area contributed by atoms with Crippen LogP contribution in [-0.2, 0) is 4.79 Å². The zero-order valence-electron chi connectivity index (χ0n) is 22.3. The molecule has 9 nitrogen and oxygen atoms in total. The standard InChI is InChI=1S/C31H20BrFN4O5S/c1-17-27(29(38)35-20-5-3-2-4-6-20)28(18-7-9-19(33)10-8-18)36-30(39)26(43-31(36)34-17)16-22-12-14-25(42-22)23-13-11-21(37(40)41)15-24(23)32/h2-16,28H,1H3,(H,35,38)/b26-16+/t28-/m0/s1. The summed E-state index contributed by atoms with van der Waals surface area (Å²) in [6.45, 7) is 1.70. The third kappa shape index (κ3) is 5.49. The number of nitrogens with one attached hydrogen (secondary N) is 1. The van der Waals surface area contributed by atoms with Gasteiger partial charge in [-0.1, -0.05) is 41.7 Å². The summed E-state index contributed by atoms with van der Waals surface area (Å²) in [6, 6.07) is 21.5. The molecule has 1 N–H and O–H groups in total. The molecule has 214 valence electrons. The molecular weight excluding hydrogens is 639 g/mol. The number of carbonyl (C=O) groups excluding carboxylic acids is 1. The summed E-state index contributed by atoms with van der Waals surface area (Å²) in [5.41, 5.74) is 1.96. The van der Waals surface area contributed by atoms with Crippen LogP contribution in [0.4, 0.5) is 15.8 Å². The average Bonchev–Trinajstić information content (AvgIpc) is 3.57. The largest absolute Gasteiger partial charge is 0.457 e. The molecule has 0 spiro atoms. The van der Waals surface area contributed by atoms with Gasteiger partial charge in [-0.3, -0.25) is 24.3 Å². The fourth-order valence-corrected chi connectivity index (χ4v) is 6.40. The van der Waals surface area contributed by atoms with E-state index in [1.165, 1.54) is 28.8 Å². The molecule has 1 aliphatic heterocycles. The second kappa shape index (κ2) is 11.4. The van der Waals surface area contributed by atoms with Crippen LogP contribution in [0.25, 0.3) is 17.4 Å². The molecule has 1 amide bonds. The number of nitro benzene ring substituents is 1. The molecule has 43 heavy (non-hydrogen) atoms. The fraction of sp³-hybridized carbons (Fsp3) is 0.0645. The van der Waals surface area contributed by atoms with Gasteiger partial charge >= 0.3 is 0 Å². The molecule has 3 aromatic carbocycles. The average molecular weight is 659 g/mol. The molecule has 0 aliphatic carbocycles. The van der Waals surface area contributed by atoms with Gasteiger partial charge in [-0.15, -0.1) is 0 Å². The van der Waals surface area contributed by atoms with E-state index in [4.69, 9.17) is 4.42 Å². The van der Waals surface area contributed by atoms with Crippen LogP contribution in [0.5, 0.6) is 0 Å². The Morgan fingerprint density at radius 3 is 2.56 bits per heavy atom. The van der Waals surface area contributed by atoms with Gasteiger partial charge in [0.1, 0.15) is 17.3 Å². The lowest BCUT2D eigenvalue weighted by Crippen LogP contribution is -2.40. The number of amides is 1. The van der Waals surface area contributed by atoms with Crippen LogP contribution in [0.3, 0.4) is 0 Å². The van der Waals surface area contributed by atoms with Crippen LogP contribution in [0.1, 0.15) is 24.3 Å². The molecule has 0 bridgehead atoms. The van der Waals surface area contributed by atoms with Gasteiger partial charge in [0.15, 0.2) is 4.80 Å². The highest BCUT2D eigenvalue weighted by molar-refractivity contribution is 9.10. The number of anilines is 1. The molecule has 3 heterocycles. The minimum Gasteiger partial charge on any atom is -0.457 e. The van der Waals surface area contributed by atoms with Gasteiger partial charge in [-0.2, -0.15) is 0 Å². The normalized spacial score (nSPS) is 14.8. The molecule has 2 aromatic heterocycles. The molecule has 0 fully saturated rings. The number of hydrogen-bond donors (Lipinski definition) is 1. The van der Waals surface area contributed by atoms with Gasteiger partial charge in [0, 0.05) is 33.9 Å². The third-order valence-electron chi connectivity index (χ3n) is 6.81. The van der Waals surface area contributed by atoms with E-state index in [0.29, 0.717) is 47.8 Å². The number of allylic oxidation sites excluding steroid dienone is 1. The minimum absolute atomic E-state index is 0.0636. The van der Waals surface area contributed by atoms with E-state index >= 15 is 0 Å². The van der Waals surface area contributed by atoms with Gasteiger partial charge in [0.05, 0.1) is 26.8 Å². The maximum Gasteiger partial charge on any atom is 0.271 e. The first-order chi connectivity index (χ1) is 20.7.